The second kappa shape index (κ2) is 9.24. The highest BCUT2D eigenvalue weighted by Crippen LogP contribution is 2.40. The van der Waals surface area contributed by atoms with Crippen molar-refractivity contribution in [1.82, 2.24) is 9.21 Å². The highest BCUT2D eigenvalue weighted by atomic mass is 32.2. The van der Waals surface area contributed by atoms with Gasteiger partial charge in [0.05, 0.1) is 24.7 Å². The van der Waals surface area contributed by atoms with Crippen LogP contribution in [0.5, 0.6) is 23.0 Å². The van der Waals surface area contributed by atoms with Gasteiger partial charge >= 0.3 is 0 Å². The van der Waals surface area contributed by atoms with E-state index in [2.05, 4.69) is 4.90 Å². The standard InChI is InChI=1S/C26H27N3O5S/c1-18-17-28(13-14-29(18)35(30,31)21-8-6-7-19(15-21)32-2)26-22-12-11-20(33-3)16-25(22)34-24-10-5-4-9-23(24)27-26/h4-12,15-16,18H,13-14,17H2,1-3H3. The Morgan fingerprint density at radius 1 is 0.914 bits per heavy atom. The highest BCUT2D eigenvalue weighted by Gasteiger charge is 2.36. The van der Waals surface area contributed by atoms with Gasteiger partial charge in [0.25, 0.3) is 0 Å². The number of aliphatic imine (C=N–C) groups is 1. The minimum atomic E-state index is -3.68. The van der Waals surface area contributed by atoms with E-state index in [0.717, 1.165) is 17.1 Å². The molecule has 3 aromatic rings. The topological polar surface area (TPSA) is 80.7 Å². The monoisotopic (exact) mass is 493 g/mol. The Morgan fingerprint density at radius 2 is 1.69 bits per heavy atom. The molecular formula is C26H27N3O5S. The minimum Gasteiger partial charge on any atom is -0.497 e. The molecule has 0 spiro atoms. The molecule has 8 nitrogen and oxygen atoms in total. The lowest BCUT2D eigenvalue weighted by Crippen LogP contribution is -2.55. The second-order valence-electron chi connectivity index (χ2n) is 8.46. The molecule has 0 aliphatic carbocycles. The van der Waals surface area contributed by atoms with Gasteiger partial charge < -0.3 is 19.1 Å². The Hall–Kier alpha value is -3.56. The number of ether oxygens (including phenoxy) is 3. The van der Waals surface area contributed by atoms with Crippen molar-refractivity contribution in [1.29, 1.82) is 0 Å². The van der Waals surface area contributed by atoms with Gasteiger partial charge in [-0.15, -0.1) is 0 Å². The molecular weight excluding hydrogens is 466 g/mol. The van der Waals surface area contributed by atoms with Crippen LogP contribution in [0, 0.1) is 0 Å². The first kappa shape index (κ1) is 23.2. The maximum Gasteiger partial charge on any atom is 0.243 e. The fourth-order valence-corrected chi connectivity index (χ4v) is 6.10. The summed E-state index contributed by atoms with van der Waals surface area (Å²) in [5, 5.41) is 0. The van der Waals surface area contributed by atoms with Gasteiger partial charge in [0.1, 0.15) is 28.8 Å². The number of benzene rings is 3. The van der Waals surface area contributed by atoms with Crippen molar-refractivity contribution in [2.24, 2.45) is 4.99 Å². The number of fused-ring (bicyclic) bond motifs is 2. The van der Waals surface area contributed by atoms with E-state index in [1.54, 1.807) is 35.7 Å². The Kier molecular flexibility index (Phi) is 6.12. The molecule has 2 heterocycles. The Morgan fingerprint density at radius 3 is 2.46 bits per heavy atom. The summed E-state index contributed by atoms with van der Waals surface area (Å²) in [6.07, 6.45) is 0. The van der Waals surface area contributed by atoms with Crippen LogP contribution in [0.2, 0.25) is 0 Å². The molecule has 0 aromatic heterocycles. The molecule has 9 heteroatoms. The van der Waals surface area contributed by atoms with Gasteiger partial charge in [-0.25, -0.2) is 13.4 Å². The Bertz CT molecular complexity index is 1390. The average Bonchev–Trinajstić information content (AvgIpc) is 3.04. The van der Waals surface area contributed by atoms with E-state index in [4.69, 9.17) is 19.2 Å². The number of piperazine rings is 1. The molecule has 2 aliphatic heterocycles. The van der Waals surface area contributed by atoms with Crippen LogP contribution < -0.4 is 14.2 Å². The molecule has 0 N–H and O–H groups in total. The summed E-state index contributed by atoms with van der Waals surface area (Å²) in [5.74, 6) is 3.25. The highest BCUT2D eigenvalue weighted by molar-refractivity contribution is 7.89. The van der Waals surface area contributed by atoms with E-state index in [9.17, 15) is 8.42 Å². The molecule has 1 saturated heterocycles. The van der Waals surface area contributed by atoms with Crippen molar-refractivity contribution in [3.8, 4) is 23.0 Å². The third-order valence-corrected chi connectivity index (χ3v) is 8.26. The summed E-state index contributed by atoms with van der Waals surface area (Å²) in [5.41, 5.74) is 1.55. The van der Waals surface area contributed by atoms with Crippen LogP contribution in [0.4, 0.5) is 5.69 Å². The fraction of sp³-hybridized carbons (Fsp3) is 0.269. The van der Waals surface area contributed by atoms with Crippen molar-refractivity contribution >= 4 is 21.5 Å². The van der Waals surface area contributed by atoms with Gasteiger partial charge in [-0.05, 0) is 43.3 Å². The van der Waals surface area contributed by atoms with Crippen LogP contribution in [0.1, 0.15) is 12.5 Å². The Balaban J connectivity index is 1.47. The van der Waals surface area contributed by atoms with Crippen LogP contribution >= 0.6 is 0 Å². The van der Waals surface area contributed by atoms with E-state index in [-0.39, 0.29) is 10.9 Å². The molecule has 0 bridgehead atoms. The van der Waals surface area contributed by atoms with Gasteiger partial charge in [-0.2, -0.15) is 4.31 Å². The molecule has 2 aliphatic rings. The summed E-state index contributed by atoms with van der Waals surface area (Å²) < 4.78 is 45.2. The van der Waals surface area contributed by atoms with Crippen molar-refractivity contribution in [3.05, 3.63) is 72.3 Å². The maximum absolute atomic E-state index is 13.4. The quantitative estimate of drug-likeness (QED) is 0.540. The number of sulfonamides is 1. The molecule has 1 unspecified atom stereocenters. The average molecular weight is 494 g/mol. The zero-order valence-corrected chi connectivity index (χ0v) is 20.7. The molecule has 0 saturated carbocycles. The van der Waals surface area contributed by atoms with Crippen LogP contribution in [0.15, 0.2) is 76.6 Å². The van der Waals surface area contributed by atoms with Crippen LogP contribution in [0.25, 0.3) is 0 Å². The minimum absolute atomic E-state index is 0.226. The van der Waals surface area contributed by atoms with E-state index in [1.165, 1.54) is 7.11 Å². The molecule has 182 valence electrons. The number of hydrogen-bond acceptors (Lipinski definition) is 7. The zero-order chi connectivity index (χ0) is 24.6. The van der Waals surface area contributed by atoms with Crippen LogP contribution in [-0.2, 0) is 10.0 Å². The van der Waals surface area contributed by atoms with Crippen molar-refractivity contribution < 1.29 is 22.6 Å². The number of hydrogen-bond donors (Lipinski definition) is 0. The Labute approximate surface area is 205 Å². The third-order valence-electron chi connectivity index (χ3n) is 6.26. The number of nitrogens with zero attached hydrogens (tertiary/aromatic N) is 3. The van der Waals surface area contributed by atoms with Gasteiger partial charge in [0.2, 0.25) is 10.0 Å². The molecule has 0 amide bonds. The van der Waals surface area contributed by atoms with Gasteiger partial charge in [-0.1, -0.05) is 18.2 Å². The first-order valence-electron chi connectivity index (χ1n) is 11.4. The predicted molar refractivity (Wildman–Crippen MR) is 134 cm³/mol. The largest absolute Gasteiger partial charge is 0.497 e. The molecule has 3 aromatic carbocycles. The lowest BCUT2D eigenvalue weighted by atomic mass is 10.1. The first-order valence-corrected chi connectivity index (χ1v) is 12.8. The van der Waals surface area contributed by atoms with E-state index >= 15 is 0 Å². The van der Waals surface area contributed by atoms with Crippen molar-refractivity contribution in [3.63, 3.8) is 0 Å². The van der Waals surface area contributed by atoms with Gasteiger partial charge in [0.15, 0.2) is 5.75 Å². The number of amidine groups is 1. The van der Waals surface area contributed by atoms with E-state index < -0.39 is 10.0 Å². The SMILES string of the molecule is COc1cccc(S(=O)(=O)N2CCN(C3=Nc4ccccc4Oc4cc(OC)ccc43)CC2C)c1. The summed E-state index contributed by atoms with van der Waals surface area (Å²) in [4.78, 5) is 7.30. The van der Waals surface area contributed by atoms with E-state index in [0.29, 0.717) is 42.6 Å². The van der Waals surface area contributed by atoms with Crippen molar-refractivity contribution in [2.75, 3.05) is 33.9 Å². The molecule has 35 heavy (non-hydrogen) atoms. The van der Waals surface area contributed by atoms with Crippen LogP contribution in [0.3, 0.4) is 0 Å². The van der Waals surface area contributed by atoms with E-state index in [1.807, 2.05) is 49.4 Å². The first-order chi connectivity index (χ1) is 16.9. The van der Waals surface area contributed by atoms with Crippen molar-refractivity contribution in [2.45, 2.75) is 17.9 Å². The summed E-state index contributed by atoms with van der Waals surface area (Å²) in [6.45, 7) is 3.21. The van der Waals surface area contributed by atoms with Gasteiger partial charge in [0, 0.05) is 37.8 Å². The lowest BCUT2D eigenvalue weighted by molar-refractivity contribution is 0.205. The number of para-hydroxylation sites is 2. The maximum atomic E-state index is 13.4. The predicted octanol–water partition coefficient (Wildman–Crippen LogP) is 4.28. The fourth-order valence-electron chi connectivity index (χ4n) is 4.46. The summed E-state index contributed by atoms with van der Waals surface area (Å²) >= 11 is 0. The number of rotatable bonds is 4. The normalized spacial score (nSPS) is 18.0. The third kappa shape index (κ3) is 4.33. The molecule has 5 rings (SSSR count). The molecule has 1 fully saturated rings. The summed E-state index contributed by atoms with van der Waals surface area (Å²) in [6, 6.07) is 19.6. The molecule has 0 radical (unpaired) electrons. The smallest absolute Gasteiger partial charge is 0.243 e. The summed E-state index contributed by atoms with van der Waals surface area (Å²) in [7, 11) is -0.538. The molecule has 1 atom stereocenters. The van der Waals surface area contributed by atoms with Gasteiger partial charge in [-0.3, -0.25) is 0 Å². The second-order valence-corrected chi connectivity index (χ2v) is 10.3. The zero-order valence-electron chi connectivity index (χ0n) is 19.8. The lowest BCUT2D eigenvalue weighted by Gasteiger charge is -2.40. The van der Waals surface area contributed by atoms with Crippen LogP contribution in [-0.4, -0.2) is 63.4 Å². The number of methoxy groups -OCH3 is 2.